The maximum absolute atomic E-state index is 6.21. The lowest BCUT2D eigenvalue weighted by atomic mass is 10.1. The number of halogens is 1. The minimum atomic E-state index is 0.0764. The van der Waals surface area contributed by atoms with Crippen molar-refractivity contribution in [3.63, 3.8) is 0 Å². The number of hydrogen-bond acceptors (Lipinski definition) is 4. The van der Waals surface area contributed by atoms with Crippen molar-refractivity contribution in [2.24, 2.45) is 0 Å². The maximum Gasteiger partial charge on any atom is 0.224 e. The summed E-state index contributed by atoms with van der Waals surface area (Å²) >= 11 is 6.21. The van der Waals surface area contributed by atoms with E-state index in [2.05, 4.69) is 27.5 Å². The van der Waals surface area contributed by atoms with Gasteiger partial charge in [-0.15, -0.1) is 0 Å². The van der Waals surface area contributed by atoms with Crippen molar-refractivity contribution in [3.8, 4) is 0 Å². The fourth-order valence-electron chi connectivity index (χ4n) is 2.01. The monoisotopic (exact) mass is 290 g/mol. The number of aromatic nitrogens is 2. The topological polar surface area (TPSA) is 49.8 Å². The molecule has 0 saturated heterocycles. The van der Waals surface area contributed by atoms with Crippen LogP contribution in [0.3, 0.4) is 0 Å². The average molecular weight is 291 g/mol. The van der Waals surface area contributed by atoms with Gasteiger partial charge >= 0.3 is 0 Å². The van der Waals surface area contributed by atoms with Crippen molar-refractivity contribution in [1.82, 2.24) is 9.97 Å². The van der Waals surface area contributed by atoms with Gasteiger partial charge in [0.15, 0.2) is 0 Å². The predicted octanol–water partition coefficient (Wildman–Crippen LogP) is 4.04. The van der Waals surface area contributed by atoms with E-state index in [1.165, 1.54) is 0 Å². The van der Waals surface area contributed by atoms with E-state index < -0.39 is 0 Å². The zero-order chi connectivity index (χ0) is 14.5. The van der Waals surface area contributed by atoms with E-state index in [0.29, 0.717) is 5.95 Å². The number of hydrogen-bond donors (Lipinski definition) is 2. The average Bonchev–Trinajstić information content (AvgIpc) is 2.38. The summed E-state index contributed by atoms with van der Waals surface area (Å²) < 4.78 is 0. The summed E-state index contributed by atoms with van der Waals surface area (Å²) in [5.74, 6) is 1.43. The van der Waals surface area contributed by atoms with Crippen LogP contribution in [0.25, 0.3) is 0 Å². The quantitative estimate of drug-likeness (QED) is 0.872. The molecule has 0 amide bonds. The van der Waals surface area contributed by atoms with Crippen molar-refractivity contribution in [2.45, 2.75) is 26.8 Å². The molecule has 2 N–H and O–H groups in total. The highest BCUT2D eigenvalue weighted by molar-refractivity contribution is 6.31. The Morgan fingerprint density at radius 2 is 2.00 bits per heavy atom. The Bertz CT molecular complexity index is 586. The summed E-state index contributed by atoms with van der Waals surface area (Å²) in [5, 5.41) is 7.24. The molecule has 0 aliphatic carbocycles. The zero-order valence-corrected chi connectivity index (χ0v) is 12.7. The van der Waals surface area contributed by atoms with E-state index in [9.17, 15) is 0 Å². The number of aryl methyl sites for hydroxylation is 1. The number of anilines is 2. The van der Waals surface area contributed by atoms with Crippen LogP contribution in [-0.2, 0) is 0 Å². The minimum Gasteiger partial charge on any atom is -0.363 e. The van der Waals surface area contributed by atoms with Crippen LogP contribution in [0.4, 0.5) is 11.8 Å². The highest BCUT2D eigenvalue weighted by Gasteiger charge is 2.10. The summed E-state index contributed by atoms with van der Waals surface area (Å²) in [4.78, 5) is 8.77. The van der Waals surface area contributed by atoms with Gasteiger partial charge in [-0.1, -0.05) is 29.8 Å². The van der Waals surface area contributed by atoms with Gasteiger partial charge < -0.3 is 10.6 Å². The Hall–Kier alpha value is -1.81. The SMILES string of the molecule is CCNc1nc(C)cc(NC(C)c2ccccc2Cl)n1. The van der Waals surface area contributed by atoms with E-state index in [4.69, 9.17) is 11.6 Å². The number of nitrogens with zero attached hydrogens (tertiary/aromatic N) is 2. The molecule has 1 aromatic carbocycles. The molecule has 4 nitrogen and oxygen atoms in total. The maximum atomic E-state index is 6.21. The lowest BCUT2D eigenvalue weighted by molar-refractivity contribution is 0.870. The van der Waals surface area contributed by atoms with Gasteiger partial charge in [0.2, 0.25) is 5.95 Å². The van der Waals surface area contributed by atoms with Gasteiger partial charge in [0.05, 0.1) is 6.04 Å². The van der Waals surface area contributed by atoms with Crippen LogP contribution in [-0.4, -0.2) is 16.5 Å². The van der Waals surface area contributed by atoms with E-state index in [1.807, 2.05) is 44.2 Å². The Morgan fingerprint density at radius 1 is 1.25 bits per heavy atom. The Kier molecular flexibility index (Phi) is 4.79. The molecule has 0 radical (unpaired) electrons. The van der Waals surface area contributed by atoms with Crippen LogP contribution in [0.1, 0.15) is 31.1 Å². The minimum absolute atomic E-state index is 0.0764. The molecule has 2 rings (SSSR count). The Labute approximate surface area is 124 Å². The zero-order valence-electron chi connectivity index (χ0n) is 11.9. The summed E-state index contributed by atoms with van der Waals surface area (Å²) in [5.41, 5.74) is 1.97. The molecule has 1 heterocycles. The molecule has 0 spiro atoms. The highest BCUT2D eigenvalue weighted by Crippen LogP contribution is 2.25. The van der Waals surface area contributed by atoms with Gasteiger partial charge in [-0.3, -0.25) is 0 Å². The van der Waals surface area contributed by atoms with E-state index in [1.54, 1.807) is 0 Å². The van der Waals surface area contributed by atoms with E-state index in [-0.39, 0.29) is 6.04 Å². The van der Waals surface area contributed by atoms with E-state index in [0.717, 1.165) is 28.6 Å². The fourth-order valence-corrected chi connectivity index (χ4v) is 2.30. The van der Waals surface area contributed by atoms with Gasteiger partial charge in [0, 0.05) is 23.3 Å². The van der Waals surface area contributed by atoms with Crippen molar-refractivity contribution < 1.29 is 0 Å². The number of nitrogens with one attached hydrogen (secondary N) is 2. The molecule has 5 heteroatoms. The lowest BCUT2D eigenvalue weighted by Gasteiger charge is -2.17. The second-order valence-corrected chi connectivity index (χ2v) is 5.04. The third-order valence-corrected chi connectivity index (χ3v) is 3.27. The normalized spacial score (nSPS) is 12.0. The summed E-state index contributed by atoms with van der Waals surface area (Å²) in [7, 11) is 0. The molecule has 0 fully saturated rings. The summed E-state index contributed by atoms with van der Waals surface area (Å²) in [6, 6.07) is 9.82. The largest absolute Gasteiger partial charge is 0.363 e. The second kappa shape index (κ2) is 6.57. The van der Waals surface area contributed by atoms with Gasteiger partial charge in [0.25, 0.3) is 0 Å². The first-order valence-corrected chi connectivity index (χ1v) is 7.08. The molecule has 0 bridgehead atoms. The first kappa shape index (κ1) is 14.6. The molecular weight excluding hydrogens is 272 g/mol. The summed E-state index contributed by atoms with van der Waals surface area (Å²) in [6.45, 7) is 6.83. The van der Waals surface area contributed by atoms with Crippen LogP contribution in [0.15, 0.2) is 30.3 Å². The van der Waals surface area contributed by atoms with Crippen molar-refractivity contribution >= 4 is 23.4 Å². The lowest BCUT2D eigenvalue weighted by Crippen LogP contribution is -2.11. The molecule has 1 unspecified atom stereocenters. The molecule has 0 aliphatic rings. The van der Waals surface area contributed by atoms with Crippen molar-refractivity contribution in [2.75, 3.05) is 17.2 Å². The summed E-state index contributed by atoms with van der Waals surface area (Å²) in [6.07, 6.45) is 0. The van der Waals surface area contributed by atoms with Crippen molar-refractivity contribution in [1.29, 1.82) is 0 Å². The van der Waals surface area contributed by atoms with Crippen LogP contribution in [0.5, 0.6) is 0 Å². The van der Waals surface area contributed by atoms with Gasteiger partial charge in [0.1, 0.15) is 5.82 Å². The van der Waals surface area contributed by atoms with Crippen LogP contribution in [0.2, 0.25) is 5.02 Å². The van der Waals surface area contributed by atoms with Crippen molar-refractivity contribution in [3.05, 3.63) is 46.6 Å². The molecule has 1 aromatic heterocycles. The first-order chi connectivity index (χ1) is 9.60. The van der Waals surface area contributed by atoms with E-state index >= 15 is 0 Å². The molecule has 0 saturated carbocycles. The Balaban J connectivity index is 2.19. The third-order valence-electron chi connectivity index (χ3n) is 2.93. The highest BCUT2D eigenvalue weighted by atomic mass is 35.5. The molecule has 20 heavy (non-hydrogen) atoms. The molecule has 2 aromatic rings. The molecule has 0 aliphatic heterocycles. The van der Waals surface area contributed by atoms with Crippen LogP contribution in [0, 0.1) is 6.92 Å². The van der Waals surface area contributed by atoms with Crippen LogP contribution >= 0.6 is 11.6 Å². The first-order valence-electron chi connectivity index (χ1n) is 6.70. The van der Waals surface area contributed by atoms with Gasteiger partial charge in [-0.2, -0.15) is 4.98 Å². The van der Waals surface area contributed by atoms with Gasteiger partial charge in [-0.05, 0) is 32.4 Å². The Morgan fingerprint density at radius 3 is 2.70 bits per heavy atom. The number of benzene rings is 1. The molecular formula is C15H19ClN4. The molecule has 106 valence electrons. The standard InChI is InChI=1S/C15H19ClN4/c1-4-17-15-18-10(2)9-14(20-15)19-11(3)12-7-5-6-8-13(12)16/h5-9,11H,4H2,1-3H3,(H2,17,18,19,20). The number of rotatable bonds is 5. The molecule has 1 atom stereocenters. The smallest absolute Gasteiger partial charge is 0.224 e. The van der Waals surface area contributed by atoms with Gasteiger partial charge in [-0.25, -0.2) is 4.98 Å². The predicted molar refractivity (Wildman–Crippen MR) is 84.4 cm³/mol. The third kappa shape index (κ3) is 3.61. The van der Waals surface area contributed by atoms with Crippen LogP contribution < -0.4 is 10.6 Å². The fraction of sp³-hybridized carbons (Fsp3) is 0.333. The second-order valence-electron chi connectivity index (χ2n) is 4.64.